The van der Waals surface area contributed by atoms with Crippen LogP contribution in [-0.2, 0) is 0 Å². The van der Waals surface area contributed by atoms with Crippen LogP contribution in [0.4, 0.5) is 0 Å². The SMILES string of the molecule is CCOc1ccc(C(=O)N2CCC(C)CC2)cc1. The van der Waals surface area contributed by atoms with E-state index in [0.717, 1.165) is 43.2 Å². The Kier molecular flexibility index (Phi) is 4.24. The lowest BCUT2D eigenvalue weighted by molar-refractivity contribution is 0.0697. The maximum absolute atomic E-state index is 12.3. The maximum atomic E-state index is 12.3. The van der Waals surface area contributed by atoms with Crippen LogP contribution in [0.5, 0.6) is 5.75 Å². The second-order valence-electron chi connectivity index (χ2n) is 4.93. The van der Waals surface area contributed by atoms with Crippen LogP contribution >= 0.6 is 0 Å². The number of benzene rings is 1. The highest BCUT2D eigenvalue weighted by Crippen LogP contribution is 2.19. The Morgan fingerprint density at radius 1 is 1.28 bits per heavy atom. The van der Waals surface area contributed by atoms with Crippen molar-refractivity contribution in [2.75, 3.05) is 19.7 Å². The van der Waals surface area contributed by atoms with Gasteiger partial charge in [0.05, 0.1) is 6.61 Å². The Morgan fingerprint density at radius 2 is 1.89 bits per heavy atom. The first-order chi connectivity index (χ1) is 8.70. The van der Waals surface area contributed by atoms with Gasteiger partial charge in [-0.2, -0.15) is 0 Å². The molecule has 1 aromatic carbocycles. The van der Waals surface area contributed by atoms with Gasteiger partial charge in [-0.3, -0.25) is 4.79 Å². The van der Waals surface area contributed by atoms with Crippen molar-refractivity contribution in [3.63, 3.8) is 0 Å². The largest absolute Gasteiger partial charge is 0.494 e. The molecule has 18 heavy (non-hydrogen) atoms. The van der Waals surface area contributed by atoms with Crippen LogP contribution < -0.4 is 4.74 Å². The summed E-state index contributed by atoms with van der Waals surface area (Å²) in [4.78, 5) is 14.2. The molecule has 0 aliphatic carbocycles. The van der Waals surface area contributed by atoms with Gasteiger partial charge >= 0.3 is 0 Å². The van der Waals surface area contributed by atoms with E-state index in [9.17, 15) is 4.79 Å². The molecule has 3 heteroatoms. The standard InChI is InChI=1S/C15H21NO2/c1-3-18-14-6-4-13(5-7-14)15(17)16-10-8-12(2)9-11-16/h4-7,12H,3,8-11H2,1-2H3. The predicted octanol–water partition coefficient (Wildman–Crippen LogP) is 2.96. The van der Waals surface area contributed by atoms with E-state index in [-0.39, 0.29) is 5.91 Å². The van der Waals surface area contributed by atoms with E-state index in [2.05, 4.69) is 6.92 Å². The van der Waals surface area contributed by atoms with Gasteiger partial charge in [0.25, 0.3) is 5.91 Å². The van der Waals surface area contributed by atoms with E-state index in [1.807, 2.05) is 36.1 Å². The van der Waals surface area contributed by atoms with Crippen molar-refractivity contribution < 1.29 is 9.53 Å². The second-order valence-corrected chi connectivity index (χ2v) is 4.93. The molecule has 1 saturated heterocycles. The second kappa shape index (κ2) is 5.89. The van der Waals surface area contributed by atoms with Gasteiger partial charge in [0.1, 0.15) is 5.75 Å². The summed E-state index contributed by atoms with van der Waals surface area (Å²) in [5, 5.41) is 0. The zero-order valence-electron chi connectivity index (χ0n) is 11.2. The molecule has 0 atom stereocenters. The van der Waals surface area contributed by atoms with Crippen molar-refractivity contribution in [1.82, 2.24) is 4.90 Å². The van der Waals surface area contributed by atoms with Crippen molar-refractivity contribution in [2.45, 2.75) is 26.7 Å². The van der Waals surface area contributed by atoms with E-state index in [4.69, 9.17) is 4.74 Å². The first-order valence-corrected chi connectivity index (χ1v) is 6.73. The van der Waals surface area contributed by atoms with Crippen molar-refractivity contribution in [1.29, 1.82) is 0 Å². The monoisotopic (exact) mass is 247 g/mol. The van der Waals surface area contributed by atoms with Gasteiger partial charge in [0, 0.05) is 18.7 Å². The third-order valence-electron chi connectivity index (χ3n) is 3.48. The van der Waals surface area contributed by atoms with E-state index < -0.39 is 0 Å². The molecular weight excluding hydrogens is 226 g/mol. The van der Waals surface area contributed by atoms with Gasteiger partial charge in [-0.1, -0.05) is 6.92 Å². The van der Waals surface area contributed by atoms with Crippen molar-refractivity contribution in [2.24, 2.45) is 5.92 Å². The molecule has 98 valence electrons. The zero-order valence-corrected chi connectivity index (χ0v) is 11.2. The smallest absolute Gasteiger partial charge is 0.253 e. The predicted molar refractivity (Wildman–Crippen MR) is 71.9 cm³/mol. The summed E-state index contributed by atoms with van der Waals surface area (Å²) in [6, 6.07) is 7.43. The van der Waals surface area contributed by atoms with E-state index >= 15 is 0 Å². The van der Waals surface area contributed by atoms with Crippen molar-refractivity contribution in [3.05, 3.63) is 29.8 Å². The topological polar surface area (TPSA) is 29.5 Å². The van der Waals surface area contributed by atoms with Gasteiger partial charge in [-0.15, -0.1) is 0 Å². The molecule has 1 aliphatic rings. The maximum Gasteiger partial charge on any atom is 0.253 e. The Labute approximate surface area is 109 Å². The lowest BCUT2D eigenvalue weighted by Crippen LogP contribution is -2.37. The number of hydrogen-bond donors (Lipinski definition) is 0. The van der Waals surface area contributed by atoms with Crippen LogP contribution in [0.3, 0.4) is 0 Å². The van der Waals surface area contributed by atoms with E-state index in [1.165, 1.54) is 0 Å². The molecule has 1 aromatic rings. The van der Waals surface area contributed by atoms with Crippen molar-refractivity contribution >= 4 is 5.91 Å². The number of piperidine rings is 1. The summed E-state index contributed by atoms with van der Waals surface area (Å²) in [5.41, 5.74) is 0.757. The fourth-order valence-electron chi connectivity index (χ4n) is 2.25. The van der Waals surface area contributed by atoms with Crippen LogP contribution in [-0.4, -0.2) is 30.5 Å². The lowest BCUT2D eigenvalue weighted by Gasteiger charge is -2.30. The molecule has 0 unspecified atom stereocenters. The average Bonchev–Trinajstić information content (AvgIpc) is 2.40. The number of likely N-dealkylation sites (tertiary alicyclic amines) is 1. The Hall–Kier alpha value is -1.51. The van der Waals surface area contributed by atoms with Gasteiger partial charge < -0.3 is 9.64 Å². The van der Waals surface area contributed by atoms with Crippen molar-refractivity contribution in [3.8, 4) is 5.75 Å². The molecule has 0 radical (unpaired) electrons. The number of ether oxygens (including phenoxy) is 1. The highest BCUT2D eigenvalue weighted by Gasteiger charge is 2.21. The third kappa shape index (κ3) is 3.03. The average molecular weight is 247 g/mol. The summed E-state index contributed by atoms with van der Waals surface area (Å²) in [6.45, 7) is 6.62. The molecule has 3 nitrogen and oxygen atoms in total. The quantitative estimate of drug-likeness (QED) is 0.822. The Bertz CT molecular complexity index is 391. The van der Waals surface area contributed by atoms with Crippen LogP contribution in [0.1, 0.15) is 37.0 Å². The van der Waals surface area contributed by atoms with Crippen LogP contribution in [0, 0.1) is 5.92 Å². The Morgan fingerprint density at radius 3 is 2.44 bits per heavy atom. The van der Waals surface area contributed by atoms with Crippen LogP contribution in [0.15, 0.2) is 24.3 Å². The van der Waals surface area contributed by atoms with Gasteiger partial charge in [0.15, 0.2) is 0 Å². The number of rotatable bonds is 3. The summed E-state index contributed by atoms with van der Waals surface area (Å²) in [6.07, 6.45) is 2.23. The molecule has 0 bridgehead atoms. The van der Waals surface area contributed by atoms with Crippen LogP contribution in [0.2, 0.25) is 0 Å². The fraction of sp³-hybridized carbons (Fsp3) is 0.533. The molecule has 0 saturated carbocycles. The zero-order chi connectivity index (χ0) is 13.0. The molecule has 1 aliphatic heterocycles. The Balaban J connectivity index is 2.00. The highest BCUT2D eigenvalue weighted by molar-refractivity contribution is 5.94. The van der Waals surface area contributed by atoms with E-state index in [1.54, 1.807) is 0 Å². The molecular formula is C15H21NO2. The molecule has 0 N–H and O–H groups in total. The number of carbonyl (C=O) groups is 1. The third-order valence-corrected chi connectivity index (χ3v) is 3.48. The number of carbonyl (C=O) groups excluding carboxylic acids is 1. The minimum absolute atomic E-state index is 0.143. The molecule has 2 rings (SSSR count). The molecule has 1 heterocycles. The molecule has 1 amide bonds. The number of nitrogens with zero attached hydrogens (tertiary/aromatic N) is 1. The minimum Gasteiger partial charge on any atom is -0.494 e. The minimum atomic E-state index is 0.143. The normalized spacial score (nSPS) is 16.7. The van der Waals surface area contributed by atoms with E-state index in [0.29, 0.717) is 6.61 Å². The molecule has 1 fully saturated rings. The van der Waals surface area contributed by atoms with Gasteiger partial charge in [-0.25, -0.2) is 0 Å². The summed E-state index contributed by atoms with van der Waals surface area (Å²) < 4.78 is 5.38. The summed E-state index contributed by atoms with van der Waals surface area (Å²) in [5.74, 6) is 1.71. The molecule has 0 spiro atoms. The number of amides is 1. The highest BCUT2D eigenvalue weighted by atomic mass is 16.5. The number of hydrogen-bond acceptors (Lipinski definition) is 2. The van der Waals surface area contributed by atoms with Gasteiger partial charge in [0.2, 0.25) is 0 Å². The summed E-state index contributed by atoms with van der Waals surface area (Å²) in [7, 11) is 0. The first kappa shape index (κ1) is 12.9. The van der Waals surface area contributed by atoms with Crippen LogP contribution in [0.25, 0.3) is 0 Å². The molecule has 0 aromatic heterocycles. The summed E-state index contributed by atoms with van der Waals surface area (Å²) >= 11 is 0. The van der Waals surface area contributed by atoms with Gasteiger partial charge in [-0.05, 0) is 49.9 Å². The first-order valence-electron chi connectivity index (χ1n) is 6.73. The fourth-order valence-corrected chi connectivity index (χ4v) is 2.25. The lowest BCUT2D eigenvalue weighted by atomic mass is 9.98.